The fraction of sp³-hybridized carbons (Fsp3) is 0.500. The topological polar surface area (TPSA) is 37.5 Å². The molecule has 2 N–H and O–H groups in total. The highest BCUT2D eigenvalue weighted by Crippen LogP contribution is 2.29. The van der Waals surface area contributed by atoms with E-state index >= 15 is 0 Å². The van der Waals surface area contributed by atoms with Crippen LogP contribution in [0.2, 0.25) is 0 Å². The summed E-state index contributed by atoms with van der Waals surface area (Å²) in [6.45, 7) is 13.7. The molecule has 0 aliphatic carbocycles. The fourth-order valence-corrected chi connectivity index (χ4v) is 5.42. The molecule has 1 aromatic heterocycles. The van der Waals surface area contributed by atoms with Gasteiger partial charge in [0.2, 0.25) is 0 Å². The van der Waals surface area contributed by atoms with E-state index in [-0.39, 0.29) is 5.82 Å². The first-order valence-corrected chi connectivity index (χ1v) is 12.9. The van der Waals surface area contributed by atoms with Gasteiger partial charge in [-0.15, -0.1) is 0 Å². The number of H-pyrrole nitrogens is 1. The van der Waals surface area contributed by atoms with Crippen LogP contribution in [-0.2, 0) is 0 Å². The van der Waals surface area contributed by atoms with Gasteiger partial charge < -0.3 is 15.2 Å². The average molecular weight is 464 g/mol. The molecule has 0 atom stereocenters. The minimum atomic E-state index is -0.177. The van der Waals surface area contributed by atoms with E-state index in [2.05, 4.69) is 63.1 Å². The Bertz CT molecular complexity index is 1080. The van der Waals surface area contributed by atoms with Crippen LogP contribution < -0.4 is 10.2 Å². The minimum absolute atomic E-state index is 0.177. The van der Waals surface area contributed by atoms with Gasteiger partial charge in [0, 0.05) is 92.3 Å². The molecule has 3 aromatic rings. The van der Waals surface area contributed by atoms with Crippen LogP contribution in [0.1, 0.15) is 26.7 Å². The molecule has 2 aromatic carbocycles. The smallest absolute Gasteiger partial charge is 0.132 e. The van der Waals surface area contributed by atoms with Gasteiger partial charge in [-0.3, -0.25) is 9.80 Å². The van der Waals surface area contributed by atoms with Crippen LogP contribution in [0.15, 0.2) is 48.5 Å². The lowest BCUT2D eigenvalue weighted by atomic mass is 10.0. The van der Waals surface area contributed by atoms with Crippen molar-refractivity contribution in [2.24, 2.45) is 0 Å². The molecule has 2 aliphatic heterocycles. The standard InChI is InChI=1S/C28H38FN5/c1-21(2)33-17-15-32(16-18-33)14-11-30-23-9-12-34(13-10-23)24-6-3-5-22(19-24)28-20-25-26(29)7-4-8-27(25)31-28/h3-8,19-21,23,30-31H,9-18H2,1-2H3. The number of benzene rings is 2. The van der Waals surface area contributed by atoms with Crippen molar-refractivity contribution in [3.63, 3.8) is 0 Å². The third-order valence-corrected chi connectivity index (χ3v) is 7.63. The van der Waals surface area contributed by atoms with Gasteiger partial charge in [-0.2, -0.15) is 0 Å². The lowest BCUT2D eigenvalue weighted by molar-refractivity contribution is 0.108. The summed E-state index contributed by atoms with van der Waals surface area (Å²) in [7, 11) is 0. The Morgan fingerprint density at radius 2 is 1.74 bits per heavy atom. The average Bonchev–Trinajstić information content (AvgIpc) is 3.31. The number of fused-ring (bicyclic) bond motifs is 1. The van der Waals surface area contributed by atoms with Gasteiger partial charge in [-0.25, -0.2) is 4.39 Å². The molecule has 5 rings (SSSR count). The van der Waals surface area contributed by atoms with Crippen LogP contribution in [0.25, 0.3) is 22.2 Å². The molecule has 3 heterocycles. The minimum Gasteiger partial charge on any atom is -0.371 e. The van der Waals surface area contributed by atoms with Gasteiger partial charge in [0.15, 0.2) is 0 Å². The Morgan fingerprint density at radius 1 is 0.971 bits per heavy atom. The zero-order valence-corrected chi connectivity index (χ0v) is 20.6. The quantitative estimate of drug-likeness (QED) is 0.539. The summed E-state index contributed by atoms with van der Waals surface area (Å²) in [6.07, 6.45) is 2.34. The summed E-state index contributed by atoms with van der Waals surface area (Å²) in [5.74, 6) is -0.177. The molecule has 0 saturated carbocycles. The number of piperazine rings is 1. The Labute approximate surface area is 202 Å². The Balaban J connectivity index is 1.11. The summed E-state index contributed by atoms with van der Waals surface area (Å²) in [5.41, 5.74) is 4.16. The van der Waals surface area contributed by atoms with Crippen molar-refractivity contribution in [3.05, 3.63) is 54.3 Å². The van der Waals surface area contributed by atoms with E-state index in [4.69, 9.17) is 0 Å². The largest absolute Gasteiger partial charge is 0.371 e. The zero-order valence-electron chi connectivity index (χ0n) is 20.6. The van der Waals surface area contributed by atoms with Gasteiger partial charge in [0.05, 0.1) is 0 Å². The number of piperidine rings is 1. The highest BCUT2D eigenvalue weighted by molar-refractivity contribution is 5.86. The first-order chi connectivity index (χ1) is 16.6. The van der Waals surface area contributed by atoms with E-state index in [9.17, 15) is 4.39 Å². The van der Waals surface area contributed by atoms with Crippen LogP contribution >= 0.6 is 0 Å². The second-order valence-corrected chi connectivity index (χ2v) is 10.1. The van der Waals surface area contributed by atoms with E-state index in [1.54, 1.807) is 6.07 Å². The highest BCUT2D eigenvalue weighted by Gasteiger charge is 2.21. The molecular formula is C28H38FN5. The number of nitrogens with zero attached hydrogens (tertiary/aromatic N) is 3. The number of hydrogen-bond donors (Lipinski definition) is 2. The van der Waals surface area contributed by atoms with Crippen LogP contribution in [-0.4, -0.2) is 79.2 Å². The van der Waals surface area contributed by atoms with E-state index < -0.39 is 0 Å². The van der Waals surface area contributed by atoms with Gasteiger partial charge in [-0.1, -0.05) is 18.2 Å². The highest BCUT2D eigenvalue weighted by atomic mass is 19.1. The van der Waals surface area contributed by atoms with Crippen molar-refractivity contribution in [1.82, 2.24) is 20.1 Å². The summed E-state index contributed by atoms with van der Waals surface area (Å²) in [4.78, 5) is 11.0. The number of aromatic amines is 1. The number of rotatable bonds is 7. The second kappa shape index (κ2) is 10.5. The molecule has 0 bridgehead atoms. The molecule has 5 nitrogen and oxygen atoms in total. The molecular weight excluding hydrogens is 425 g/mol. The maximum atomic E-state index is 14.1. The maximum absolute atomic E-state index is 14.1. The van der Waals surface area contributed by atoms with Crippen molar-refractivity contribution in [2.45, 2.75) is 38.8 Å². The molecule has 0 unspecified atom stereocenters. The lowest BCUT2D eigenvalue weighted by Gasteiger charge is -2.37. The van der Waals surface area contributed by atoms with Crippen molar-refractivity contribution in [1.29, 1.82) is 0 Å². The summed E-state index contributed by atoms with van der Waals surface area (Å²) in [6, 6.07) is 17.0. The first kappa shape index (κ1) is 23.3. The van der Waals surface area contributed by atoms with Gasteiger partial charge in [-0.05, 0) is 57.0 Å². The normalized spacial score (nSPS) is 18.9. The lowest BCUT2D eigenvalue weighted by Crippen LogP contribution is -2.51. The Morgan fingerprint density at radius 3 is 2.47 bits per heavy atom. The molecule has 6 heteroatoms. The van der Waals surface area contributed by atoms with Crippen molar-refractivity contribution >= 4 is 16.6 Å². The molecule has 2 aliphatic rings. The van der Waals surface area contributed by atoms with Crippen LogP contribution in [0, 0.1) is 5.82 Å². The third kappa shape index (κ3) is 5.29. The van der Waals surface area contributed by atoms with Crippen LogP contribution in [0.5, 0.6) is 0 Å². The first-order valence-electron chi connectivity index (χ1n) is 12.9. The summed E-state index contributed by atoms with van der Waals surface area (Å²) in [5, 5.41) is 4.46. The van der Waals surface area contributed by atoms with E-state index in [0.717, 1.165) is 43.0 Å². The van der Waals surface area contributed by atoms with Gasteiger partial charge in [0.25, 0.3) is 0 Å². The van der Waals surface area contributed by atoms with E-state index in [1.807, 2.05) is 12.1 Å². The molecule has 182 valence electrons. The second-order valence-electron chi connectivity index (χ2n) is 10.1. The fourth-order valence-electron chi connectivity index (χ4n) is 5.42. The predicted octanol–water partition coefficient (Wildman–Crippen LogP) is 4.56. The molecule has 0 amide bonds. The SMILES string of the molecule is CC(C)N1CCN(CCNC2CCN(c3cccc(-c4cc5c(F)cccc5[nH]4)c3)CC2)CC1. The van der Waals surface area contributed by atoms with E-state index in [1.165, 1.54) is 50.8 Å². The predicted molar refractivity (Wildman–Crippen MR) is 140 cm³/mol. The van der Waals surface area contributed by atoms with Crippen molar-refractivity contribution < 1.29 is 4.39 Å². The molecule has 2 saturated heterocycles. The molecule has 34 heavy (non-hydrogen) atoms. The molecule has 0 spiro atoms. The summed E-state index contributed by atoms with van der Waals surface area (Å²) >= 11 is 0. The van der Waals surface area contributed by atoms with Crippen LogP contribution in [0.3, 0.4) is 0 Å². The number of anilines is 1. The molecule has 0 radical (unpaired) electrons. The number of halogens is 1. The zero-order chi connectivity index (χ0) is 23.5. The molecule has 2 fully saturated rings. The van der Waals surface area contributed by atoms with Crippen molar-refractivity contribution in [3.8, 4) is 11.3 Å². The van der Waals surface area contributed by atoms with Crippen molar-refractivity contribution in [2.75, 3.05) is 57.3 Å². The van der Waals surface area contributed by atoms with Gasteiger partial charge in [0.1, 0.15) is 5.82 Å². The summed E-state index contributed by atoms with van der Waals surface area (Å²) < 4.78 is 14.1. The number of nitrogens with one attached hydrogen (secondary N) is 2. The maximum Gasteiger partial charge on any atom is 0.132 e. The van der Waals surface area contributed by atoms with Crippen LogP contribution in [0.4, 0.5) is 10.1 Å². The number of hydrogen-bond acceptors (Lipinski definition) is 4. The van der Waals surface area contributed by atoms with Gasteiger partial charge >= 0.3 is 0 Å². The third-order valence-electron chi connectivity index (χ3n) is 7.63. The van der Waals surface area contributed by atoms with E-state index in [0.29, 0.717) is 17.5 Å². The number of aromatic nitrogens is 1. The monoisotopic (exact) mass is 463 g/mol. The Kier molecular flexibility index (Phi) is 7.18. The Hall–Kier alpha value is -2.41.